The fourth-order valence-electron chi connectivity index (χ4n) is 1.47. The van der Waals surface area contributed by atoms with Crippen molar-refractivity contribution in [3.05, 3.63) is 71.8 Å². The molecule has 4 N–H and O–H groups in total. The van der Waals surface area contributed by atoms with Gasteiger partial charge in [0.25, 0.3) is 0 Å². The third-order valence-corrected chi connectivity index (χ3v) is 2.98. The van der Waals surface area contributed by atoms with Crippen LogP contribution in [0.3, 0.4) is 0 Å². The quantitative estimate of drug-likeness (QED) is 0.660. The topological polar surface area (TPSA) is 115 Å². The molecule has 0 saturated heterocycles. The first kappa shape index (κ1) is 22.3. The van der Waals surface area contributed by atoms with Crippen molar-refractivity contribution in [2.45, 2.75) is 13.3 Å². The molecule has 6 heteroatoms. The van der Waals surface area contributed by atoms with E-state index in [1.807, 2.05) is 6.92 Å². The summed E-state index contributed by atoms with van der Waals surface area (Å²) in [5.74, 6) is -1.50. The highest BCUT2D eigenvalue weighted by Crippen LogP contribution is 1.97. The van der Waals surface area contributed by atoms with Crippen molar-refractivity contribution < 1.29 is 30.0 Å². The van der Waals surface area contributed by atoms with Gasteiger partial charge >= 0.3 is 11.9 Å². The first-order valence-electron chi connectivity index (χ1n) is 7.70. The molecule has 0 aliphatic carbocycles. The SMILES string of the molecule is CC(CO)CCO.O=C(O)c1ccccc1.O=C(O)c1ccccc1. The molecule has 0 aromatic heterocycles. The molecule has 0 radical (unpaired) electrons. The van der Waals surface area contributed by atoms with Crippen LogP contribution in [-0.2, 0) is 0 Å². The molecule has 2 rings (SSSR count). The van der Waals surface area contributed by atoms with Crippen molar-refractivity contribution >= 4 is 11.9 Å². The first-order chi connectivity index (χ1) is 11.9. The monoisotopic (exact) mass is 348 g/mol. The molecule has 0 amide bonds. The summed E-state index contributed by atoms with van der Waals surface area (Å²) >= 11 is 0. The van der Waals surface area contributed by atoms with Crippen LogP contribution in [0.15, 0.2) is 60.7 Å². The maximum Gasteiger partial charge on any atom is 0.335 e. The zero-order chi connectivity index (χ0) is 19.1. The first-order valence-corrected chi connectivity index (χ1v) is 7.70. The Labute approximate surface area is 147 Å². The Morgan fingerprint density at radius 1 is 0.800 bits per heavy atom. The number of carboxylic acids is 2. The van der Waals surface area contributed by atoms with E-state index in [1.165, 1.54) is 0 Å². The molecule has 0 heterocycles. The molecule has 0 spiro atoms. The molecule has 1 atom stereocenters. The van der Waals surface area contributed by atoms with Gasteiger partial charge in [0.2, 0.25) is 0 Å². The highest BCUT2D eigenvalue weighted by atomic mass is 16.4. The van der Waals surface area contributed by atoms with Gasteiger partial charge < -0.3 is 20.4 Å². The molecule has 0 aliphatic heterocycles. The summed E-state index contributed by atoms with van der Waals surface area (Å²) in [5, 5.41) is 33.4. The molecule has 1 unspecified atom stereocenters. The van der Waals surface area contributed by atoms with E-state index in [0.29, 0.717) is 17.5 Å². The van der Waals surface area contributed by atoms with Gasteiger partial charge in [0.1, 0.15) is 0 Å². The van der Waals surface area contributed by atoms with Gasteiger partial charge in [0, 0.05) is 13.2 Å². The molecule has 0 bridgehead atoms. The Kier molecular flexibility index (Phi) is 12.2. The van der Waals surface area contributed by atoms with E-state index in [4.69, 9.17) is 20.4 Å². The number of rotatable bonds is 5. The molecule has 136 valence electrons. The van der Waals surface area contributed by atoms with Gasteiger partial charge in [-0.1, -0.05) is 43.3 Å². The Balaban J connectivity index is 0.000000350. The van der Waals surface area contributed by atoms with Crippen LogP contribution in [0.25, 0.3) is 0 Å². The third kappa shape index (κ3) is 11.5. The van der Waals surface area contributed by atoms with E-state index in [-0.39, 0.29) is 19.1 Å². The average molecular weight is 348 g/mol. The molecule has 6 nitrogen and oxygen atoms in total. The van der Waals surface area contributed by atoms with Crippen LogP contribution in [-0.4, -0.2) is 45.6 Å². The lowest BCUT2D eigenvalue weighted by molar-refractivity contribution is 0.0686. The Hall–Kier alpha value is -2.70. The van der Waals surface area contributed by atoms with Crippen LogP contribution >= 0.6 is 0 Å². The van der Waals surface area contributed by atoms with Crippen LogP contribution in [0.4, 0.5) is 0 Å². The number of aliphatic hydroxyl groups is 2. The van der Waals surface area contributed by atoms with Crippen molar-refractivity contribution in [2.75, 3.05) is 13.2 Å². The lowest BCUT2D eigenvalue weighted by Crippen LogP contribution is -2.01. The van der Waals surface area contributed by atoms with Gasteiger partial charge in [-0.2, -0.15) is 0 Å². The van der Waals surface area contributed by atoms with Crippen LogP contribution < -0.4 is 0 Å². The van der Waals surface area contributed by atoms with Gasteiger partial charge in [-0.3, -0.25) is 0 Å². The molecular weight excluding hydrogens is 324 g/mol. The highest BCUT2D eigenvalue weighted by molar-refractivity contribution is 5.87. The number of hydrogen-bond acceptors (Lipinski definition) is 4. The average Bonchev–Trinajstić information content (AvgIpc) is 2.64. The summed E-state index contributed by atoms with van der Waals surface area (Å²) in [6.07, 6.45) is 0.705. The number of benzene rings is 2. The van der Waals surface area contributed by atoms with Crippen molar-refractivity contribution in [1.29, 1.82) is 0 Å². The van der Waals surface area contributed by atoms with Crippen LogP contribution in [0.5, 0.6) is 0 Å². The van der Waals surface area contributed by atoms with E-state index in [1.54, 1.807) is 60.7 Å². The van der Waals surface area contributed by atoms with Gasteiger partial charge in [-0.05, 0) is 36.6 Å². The minimum Gasteiger partial charge on any atom is -0.478 e. The number of carbonyl (C=O) groups is 2. The van der Waals surface area contributed by atoms with Crippen molar-refractivity contribution in [2.24, 2.45) is 5.92 Å². The molecule has 2 aromatic carbocycles. The van der Waals surface area contributed by atoms with Crippen molar-refractivity contribution in [3.63, 3.8) is 0 Å². The molecule has 0 fully saturated rings. The summed E-state index contributed by atoms with van der Waals surface area (Å²) in [5.41, 5.74) is 0.662. The van der Waals surface area contributed by atoms with E-state index >= 15 is 0 Å². The third-order valence-electron chi connectivity index (χ3n) is 2.98. The molecule has 2 aromatic rings. The van der Waals surface area contributed by atoms with E-state index in [2.05, 4.69) is 0 Å². The Bertz CT molecular complexity index is 548. The fourth-order valence-corrected chi connectivity index (χ4v) is 1.47. The lowest BCUT2D eigenvalue weighted by Gasteiger charge is -2.01. The zero-order valence-corrected chi connectivity index (χ0v) is 14.1. The summed E-state index contributed by atoms with van der Waals surface area (Å²) < 4.78 is 0. The second kappa shape index (κ2) is 13.7. The highest BCUT2D eigenvalue weighted by Gasteiger charge is 1.97. The van der Waals surface area contributed by atoms with Crippen molar-refractivity contribution in [1.82, 2.24) is 0 Å². The standard InChI is InChI=1S/2C7H6O2.C5H12O2/c2*8-7(9)6-4-2-1-3-5-6;1-5(4-7)2-3-6/h2*1-5H,(H,8,9);5-7H,2-4H2,1H3. The number of aliphatic hydroxyl groups excluding tert-OH is 2. The minimum absolute atomic E-state index is 0.181. The van der Waals surface area contributed by atoms with Gasteiger partial charge in [0.15, 0.2) is 0 Å². The van der Waals surface area contributed by atoms with Gasteiger partial charge in [-0.25, -0.2) is 9.59 Å². The Morgan fingerprint density at radius 2 is 1.16 bits per heavy atom. The number of carboxylic acid groups (broad SMARTS) is 2. The van der Waals surface area contributed by atoms with Crippen LogP contribution in [0, 0.1) is 5.92 Å². The van der Waals surface area contributed by atoms with Crippen LogP contribution in [0.2, 0.25) is 0 Å². The lowest BCUT2D eigenvalue weighted by atomic mass is 10.1. The summed E-state index contributed by atoms with van der Waals surface area (Å²) in [6, 6.07) is 16.6. The fraction of sp³-hybridized carbons (Fsp3) is 0.263. The number of aromatic carboxylic acids is 2. The number of hydrogen-bond donors (Lipinski definition) is 4. The van der Waals surface area contributed by atoms with Gasteiger partial charge in [-0.15, -0.1) is 0 Å². The molecule has 25 heavy (non-hydrogen) atoms. The van der Waals surface area contributed by atoms with E-state index < -0.39 is 11.9 Å². The van der Waals surface area contributed by atoms with E-state index in [9.17, 15) is 9.59 Å². The van der Waals surface area contributed by atoms with Crippen LogP contribution in [0.1, 0.15) is 34.1 Å². The largest absolute Gasteiger partial charge is 0.478 e. The van der Waals surface area contributed by atoms with Gasteiger partial charge in [0.05, 0.1) is 11.1 Å². The maximum absolute atomic E-state index is 10.2. The maximum atomic E-state index is 10.2. The second-order valence-electron chi connectivity index (χ2n) is 5.14. The Morgan fingerprint density at radius 3 is 1.32 bits per heavy atom. The normalized spacial score (nSPS) is 10.4. The molecule has 0 aliphatic rings. The summed E-state index contributed by atoms with van der Waals surface area (Å²) in [6.45, 7) is 2.26. The molecule has 0 saturated carbocycles. The van der Waals surface area contributed by atoms with Crippen molar-refractivity contribution in [3.8, 4) is 0 Å². The summed E-state index contributed by atoms with van der Waals surface area (Å²) in [7, 11) is 0. The minimum atomic E-state index is -0.879. The zero-order valence-electron chi connectivity index (χ0n) is 14.1. The predicted octanol–water partition coefficient (Wildman–Crippen LogP) is 2.77. The van der Waals surface area contributed by atoms with E-state index in [0.717, 1.165) is 0 Å². The molecular formula is C19H24O6. The smallest absolute Gasteiger partial charge is 0.335 e. The second-order valence-corrected chi connectivity index (χ2v) is 5.14. The predicted molar refractivity (Wildman–Crippen MR) is 94.8 cm³/mol. The summed E-state index contributed by atoms with van der Waals surface area (Å²) in [4.78, 5) is 20.4.